The van der Waals surface area contributed by atoms with E-state index in [0.717, 1.165) is 24.1 Å². The molecule has 0 aliphatic carbocycles. The Morgan fingerprint density at radius 1 is 1.48 bits per heavy atom. The molecule has 0 saturated carbocycles. The van der Waals surface area contributed by atoms with Crippen LogP contribution in [0.4, 0.5) is 19.3 Å². The smallest absolute Gasteiger partial charge is 0.410 e. The lowest BCUT2D eigenvalue weighted by atomic mass is 10.2. The van der Waals surface area contributed by atoms with Crippen LogP contribution in [-0.2, 0) is 0 Å². The first-order valence-corrected chi connectivity index (χ1v) is 5.68. The molecule has 0 radical (unpaired) electrons. The highest BCUT2D eigenvalue weighted by Crippen LogP contribution is 2.35. The highest BCUT2D eigenvalue weighted by atomic mass is 19.2. The number of methoxy groups -OCH3 is 1. The highest BCUT2D eigenvalue weighted by molar-refractivity contribution is 5.80. The third kappa shape index (κ3) is 2.77. The molecule has 0 saturated heterocycles. The number of amides is 1. The minimum absolute atomic E-state index is 0.0826. The van der Waals surface area contributed by atoms with Crippen molar-refractivity contribution in [2.75, 3.05) is 12.0 Å². The fourth-order valence-corrected chi connectivity index (χ4v) is 1.83. The number of hydrogen-bond donors (Lipinski definition) is 3. The average molecular weight is 299 g/mol. The molecule has 1 aromatic rings. The molecule has 9 heteroatoms. The van der Waals surface area contributed by atoms with Gasteiger partial charge >= 0.3 is 6.09 Å². The van der Waals surface area contributed by atoms with Crippen molar-refractivity contribution in [1.82, 2.24) is 5.32 Å². The van der Waals surface area contributed by atoms with Gasteiger partial charge in [0.15, 0.2) is 11.6 Å². The van der Waals surface area contributed by atoms with E-state index in [-0.39, 0.29) is 11.5 Å². The molecule has 0 unspecified atom stereocenters. The van der Waals surface area contributed by atoms with E-state index < -0.39 is 29.8 Å². The Morgan fingerprint density at radius 3 is 2.81 bits per heavy atom. The van der Waals surface area contributed by atoms with Gasteiger partial charge in [0.1, 0.15) is 5.82 Å². The lowest BCUT2D eigenvalue weighted by Crippen LogP contribution is -2.42. The largest absolute Gasteiger partial charge is 0.491 e. The standard InChI is InChI=1S/C12H11F2N3O4/c1-21-10-7(3-2-6(13)9(10)14)17-8(16-12(19)20)4-5-15-11(17)18/h2-5,11,16,18H,1H3,(H,19,20)/t11-/m1/s1. The fraction of sp³-hybridized carbons (Fsp3) is 0.167. The molecule has 21 heavy (non-hydrogen) atoms. The van der Waals surface area contributed by atoms with Gasteiger partial charge in [-0.05, 0) is 18.2 Å². The van der Waals surface area contributed by atoms with Crippen LogP contribution in [0.15, 0.2) is 29.0 Å². The summed E-state index contributed by atoms with van der Waals surface area (Å²) in [5.41, 5.74) is -0.0826. The van der Waals surface area contributed by atoms with E-state index in [1.54, 1.807) is 0 Å². The molecule has 1 amide bonds. The molecule has 0 fully saturated rings. The van der Waals surface area contributed by atoms with Crippen molar-refractivity contribution in [1.29, 1.82) is 0 Å². The Balaban J connectivity index is 2.52. The number of carboxylic acid groups (broad SMARTS) is 1. The van der Waals surface area contributed by atoms with Crippen LogP contribution in [0.1, 0.15) is 0 Å². The van der Waals surface area contributed by atoms with Gasteiger partial charge in [-0.2, -0.15) is 4.39 Å². The zero-order valence-corrected chi connectivity index (χ0v) is 10.7. The van der Waals surface area contributed by atoms with Crippen LogP contribution < -0.4 is 15.0 Å². The molecule has 0 bridgehead atoms. The lowest BCUT2D eigenvalue weighted by Gasteiger charge is -2.32. The van der Waals surface area contributed by atoms with E-state index in [1.807, 2.05) is 5.32 Å². The molecule has 3 N–H and O–H groups in total. The van der Waals surface area contributed by atoms with E-state index in [0.29, 0.717) is 0 Å². The number of nitrogens with zero attached hydrogens (tertiary/aromatic N) is 2. The predicted molar refractivity (Wildman–Crippen MR) is 69.1 cm³/mol. The number of aliphatic imine (C=N–C) groups is 1. The number of nitrogens with one attached hydrogen (secondary N) is 1. The summed E-state index contributed by atoms with van der Waals surface area (Å²) in [6, 6.07) is 1.97. The molecule has 0 spiro atoms. The number of aliphatic hydroxyl groups excluding tert-OH is 1. The topological polar surface area (TPSA) is 94.4 Å². The minimum atomic E-state index is -1.52. The average Bonchev–Trinajstić information content (AvgIpc) is 2.42. The first-order chi connectivity index (χ1) is 9.95. The number of benzene rings is 1. The van der Waals surface area contributed by atoms with Gasteiger partial charge in [-0.3, -0.25) is 10.2 Å². The maximum absolute atomic E-state index is 13.7. The Kier molecular flexibility index (Phi) is 4.03. The van der Waals surface area contributed by atoms with Gasteiger partial charge in [0.05, 0.1) is 12.8 Å². The van der Waals surface area contributed by atoms with Crippen molar-refractivity contribution in [3.8, 4) is 5.75 Å². The predicted octanol–water partition coefficient (Wildman–Crippen LogP) is 1.25. The number of carbonyl (C=O) groups is 1. The highest BCUT2D eigenvalue weighted by Gasteiger charge is 2.28. The second-order valence-corrected chi connectivity index (χ2v) is 3.91. The summed E-state index contributed by atoms with van der Waals surface area (Å²) >= 11 is 0. The van der Waals surface area contributed by atoms with Gasteiger partial charge in [-0.1, -0.05) is 0 Å². The van der Waals surface area contributed by atoms with Gasteiger partial charge in [-0.15, -0.1) is 0 Å². The van der Waals surface area contributed by atoms with Crippen LogP contribution in [0.2, 0.25) is 0 Å². The van der Waals surface area contributed by atoms with E-state index >= 15 is 0 Å². The van der Waals surface area contributed by atoms with Crippen LogP contribution in [-0.4, -0.2) is 36.0 Å². The van der Waals surface area contributed by atoms with E-state index in [2.05, 4.69) is 4.99 Å². The minimum Gasteiger partial charge on any atom is -0.491 e. The van der Waals surface area contributed by atoms with Gasteiger partial charge in [-0.25, -0.2) is 14.2 Å². The first kappa shape index (κ1) is 14.7. The number of ether oxygens (including phenoxy) is 1. The maximum atomic E-state index is 13.7. The SMILES string of the molecule is COc1c(N2C(NC(=O)O)=CC=N[C@H]2O)ccc(F)c1F. The van der Waals surface area contributed by atoms with Crippen molar-refractivity contribution in [2.45, 2.75) is 6.35 Å². The number of allylic oxidation sites excluding steroid dienone is 1. The van der Waals surface area contributed by atoms with Crippen molar-refractivity contribution < 1.29 is 28.5 Å². The number of aliphatic hydroxyl groups is 1. The molecule has 1 aliphatic rings. The monoisotopic (exact) mass is 299 g/mol. The number of hydrogen-bond acceptors (Lipinski definition) is 5. The molecule has 1 aromatic carbocycles. The summed E-state index contributed by atoms with van der Waals surface area (Å²) < 4.78 is 31.7. The quantitative estimate of drug-likeness (QED) is 0.781. The van der Waals surface area contributed by atoms with E-state index in [1.165, 1.54) is 12.3 Å². The molecule has 1 atom stereocenters. The second kappa shape index (κ2) is 5.75. The summed E-state index contributed by atoms with van der Waals surface area (Å²) in [7, 11) is 1.12. The normalized spacial score (nSPS) is 17.4. The molecule has 112 valence electrons. The molecular weight excluding hydrogens is 288 g/mol. The Hall–Kier alpha value is -2.68. The van der Waals surface area contributed by atoms with Gasteiger partial charge < -0.3 is 14.9 Å². The van der Waals surface area contributed by atoms with Crippen molar-refractivity contribution in [3.63, 3.8) is 0 Å². The summed E-state index contributed by atoms with van der Waals surface area (Å²) in [6.45, 7) is 0. The molecule has 1 aliphatic heterocycles. The van der Waals surface area contributed by atoms with Crippen LogP contribution in [0, 0.1) is 11.6 Å². The molecular formula is C12H11F2N3O4. The van der Waals surface area contributed by atoms with Gasteiger partial charge in [0.25, 0.3) is 0 Å². The zero-order chi connectivity index (χ0) is 15.6. The van der Waals surface area contributed by atoms with Crippen LogP contribution >= 0.6 is 0 Å². The fourth-order valence-electron chi connectivity index (χ4n) is 1.83. The Labute approximate surface area is 117 Å². The number of rotatable bonds is 3. The lowest BCUT2D eigenvalue weighted by molar-refractivity contribution is 0.177. The second-order valence-electron chi connectivity index (χ2n) is 3.91. The molecule has 7 nitrogen and oxygen atoms in total. The van der Waals surface area contributed by atoms with Gasteiger partial charge in [0.2, 0.25) is 12.2 Å². The third-order valence-corrected chi connectivity index (χ3v) is 2.67. The number of halogens is 2. The van der Waals surface area contributed by atoms with Crippen molar-refractivity contribution >= 4 is 18.0 Å². The van der Waals surface area contributed by atoms with Gasteiger partial charge in [0, 0.05) is 6.21 Å². The third-order valence-electron chi connectivity index (χ3n) is 2.67. The van der Waals surface area contributed by atoms with Crippen LogP contribution in [0.25, 0.3) is 0 Å². The zero-order valence-electron chi connectivity index (χ0n) is 10.7. The summed E-state index contributed by atoms with van der Waals surface area (Å²) in [4.78, 5) is 15.4. The Morgan fingerprint density at radius 2 is 2.19 bits per heavy atom. The van der Waals surface area contributed by atoms with Crippen LogP contribution in [0.5, 0.6) is 5.75 Å². The summed E-state index contributed by atoms with van der Waals surface area (Å²) in [5.74, 6) is -2.97. The number of anilines is 1. The van der Waals surface area contributed by atoms with Crippen molar-refractivity contribution in [2.24, 2.45) is 4.99 Å². The van der Waals surface area contributed by atoms with Crippen molar-refractivity contribution in [3.05, 3.63) is 35.7 Å². The van der Waals surface area contributed by atoms with E-state index in [9.17, 15) is 18.7 Å². The molecule has 1 heterocycles. The summed E-state index contributed by atoms with van der Waals surface area (Å²) in [6.07, 6.45) is -0.480. The summed E-state index contributed by atoms with van der Waals surface area (Å²) in [5, 5.41) is 20.7. The first-order valence-electron chi connectivity index (χ1n) is 5.68. The van der Waals surface area contributed by atoms with E-state index in [4.69, 9.17) is 9.84 Å². The molecule has 0 aromatic heterocycles. The molecule has 2 rings (SSSR count). The Bertz CT molecular complexity index is 633. The van der Waals surface area contributed by atoms with Crippen LogP contribution in [0.3, 0.4) is 0 Å². The maximum Gasteiger partial charge on any atom is 0.410 e.